The SMILES string of the molecule is N#C/C=C/CCC1CCC(CCCCC2CCC(c3ccc(OC(F)(F)F)cc3)CC2)CC1. The van der Waals surface area contributed by atoms with E-state index in [2.05, 4.69) is 10.8 Å². The van der Waals surface area contributed by atoms with Gasteiger partial charge in [0.2, 0.25) is 0 Å². The maximum absolute atomic E-state index is 12.3. The van der Waals surface area contributed by atoms with Crippen molar-refractivity contribution in [1.82, 2.24) is 0 Å². The molecular formula is C28H38F3NO. The van der Waals surface area contributed by atoms with Crippen molar-refractivity contribution >= 4 is 0 Å². The fraction of sp³-hybridized carbons (Fsp3) is 0.679. The molecule has 0 spiro atoms. The Balaban J connectivity index is 1.25. The van der Waals surface area contributed by atoms with Gasteiger partial charge in [-0.25, -0.2) is 0 Å². The van der Waals surface area contributed by atoms with E-state index < -0.39 is 6.36 Å². The first-order chi connectivity index (χ1) is 15.9. The van der Waals surface area contributed by atoms with E-state index >= 15 is 0 Å². The summed E-state index contributed by atoms with van der Waals surface area (Å²) in [6.45, 7) is 0. The van der Waals surface area contributed by atoms with Crippen LogP contribution in [0.15, 0.2) is 36.4 Å². The van der Waals surface area contributed by atoms with Crippen molar-refractivity contribution in [2.24, 2.45) is 17.8 Å². The largest absolute Gasteiger partial charge is 0.573 e. The van der Waals surface area contributed by atoms with E-state index in [1.165, 1.54) is 82.8 Å². The van der Waals surface area contributed by atoms with Gasteiger partial charge in [0.15, 0.2) is 0 Å². The maximum atomic E-state index is 12.3. The van der Waals surface area contributed by atoms with Crippen LogP contribution < -0.4 is 4.74 Å². The van der Waals surface area contributed by atoms with Gasteiger partial charge in [-0.15, -0.1) is 13.2 Å². The number of unbranched alkanes of at least 4 members (excludes halogenated alkanes) is 1. The molecule has 1 aromatic carbocycles. The summed E-state index contributed by atoms with van der Waals surface area (Å²) in [5.74, 6) is 2.91. The topological polar surface area (TPSA) is 33.0 Å². The van der Waals surface area contributed by atoms with E-state index in [0.717, 1.165) is 42.6 Å². The van der Waals surface area contributed by atoms with Gasteiger partial charge in [-0.2, -0.15) is 5.26 Å². The minimum absolute atomic E-state index is 0.138. The second-order valence-corrected chi connectivity index (χ2v) is 10.1. The molecule has 2 aliphatic carbocycles. The lowest BCUT2D eigenvalue weighted by Crippen LogP contribution is -2.17. The Morgan fingerprint density at radius 3 is 1.85 bits per heavy atom. The van der Waals surface area contributed by atoms with E-state index in [0.29, 0.717) is 5.92 Å². The van der Waals surface area contributed by atoms with Crippen LogP contribution in [0.5, 0.6) is 5.75 Å². The van der Waals surface area contributed by atoms with Crippen LogP contribution in [0.2, 0.25) is 0 Å². The zero-order valence-electron chi connectivity index (χ0n) is 19.7. The molecule has 0 N–H and O–H groups in total. The Morgan fingerprint density at radius 2 is 1.33 bits per heavy atom. The summed E-state index contributed by atoms with van der Waals surface area (Å²) in [5.41, 5.74) is 1.14. The van der Waals surface area contributed by atoms with Gasteiger partial charge in [0.25, 0.3) is 0 Å². The summed E-state index contributed by atoms with van der Waals surface area (Å²) in [6.07, 6.45) is 16.9. The van der Waals surface area contributed by atoms with Crippen LogP contribution in [0, 0.1) is 29.1 Å². The summed E-state index contributed by atoms with van der Waals surface area (Å²) in [4.78, 5) is 0. The first-order valence-corrected chi connectivity index (χ1v) is 12.8. The van der Waals surface area contributed by atoms with Crippen molar-refractivity contribution in [2.45, 2.75) is 102 Å². The number of rotatable bonds is 10. The Hall–Kier alpha value is -1.96. The normalized spacial score (nSPS) is 26.2. The molecule has 2 fully saturated rings. The van der Waals surface area contributed by atoms with Gasteiger partial charge >= 0.3 is 6.36 Å². The Bertz CT molecular complexity index is 749. The van der Waals surface area contributed by atoms with Crippen molar-refractivity contribution in [3.63, 3.8) is 0 Å². The molecule has 2 aliphatic rings. The first kappa shape index (κ1) is 25.7. The average molecular weight is 462 g/mol. The number of alkyl halides is 3. The molecule has 5 heteroatoms. The van der Waals surface area contributed by atoms with Gasteiger partial charge < -0.3 is 4.74 Å². The smallest absolute Gasteiger partial charge is 0.406 e. The molecule has 2 saturated carbocycles. The van der Waals surface area contributed by atoms with Crippen molar-refractivity contribution in [1.29, 1.82) is 5.26 Å². The van der Waals surface area contributed by atoms with Crippen molar-refractivity contribution < 1.29 is 17.9 Å². The highest BCUT2D eigenvalue weighted by Crippen LogP contribution is 2.39. The molecule has 0 amide bonds. The molecule has 0 bridgehead atoms. The van der Waals surface area contributed by atoms with E-state index in [4.69, 9.17) is 5.26 Å². The Kier molecular flexibility index (Phi) is 10.2. The average Bonchev–Trinajstić information content (AvgIpc) is 2.80. The molecule has 0 saturated heterocycles. The predicted octanol–water partition coefficient (Wildman–Crippen LogP) is 9.09. The molecule has 2 nitrogen and oxygen atoms in total. The molecule has 0 atom stereocenters. The zero-order chi connectivity index (χ0) is 23.5. The second-order valence-electron chi connectivity index (χ2n) is 10.1. The van der Waals surface area contributed by atoms with Crippen molar-refractivity contribution in [3.8, 4) is 11.8 Å². The Labute approximate surface area is 197 Å². The van der Waals surface area contributed by atoms with Gasteiger partial charge in [-0.05, 0) is 79.9 Å². The lowest BCUT2D eigenvalue weighted by Gasteiger charge is -2.30. The summed E-state index contributed by atoms with van der Waals surface area (Å²) in [6, 6.07) is 8.53. The van der Waals surface area contributed by atoms with E-state index in [9.17, 15) is 13.2 Å². The number of hydrogen-bond donors (Lipinski definition) is 0. The van der Waals surface area contributed by atoms with Gasteiger partial charge in [0.05, 0.1) is 6.07 Å². The molecule has 0 radical (unpaired) electrons. The molecule has 0 unspecified atom stereocenters. The van der Waals surface area contributed by atoms with E-state index in [1.54, 1.807) is 18.2 Å². The fourth-order valence-electron chi connectivity index (χ4n) is 5.87. The van der Waals surface area contributed by atoms with Crippen LogP contribution >= 0.6 is 0 Å². The molecule has 0 aromatic heterocycles. The standard InChI is InChI=1S/C28H38F3NO/c29-28(30,31)33-27-19-17-26(18-20-27)25-15-13-24(14-16-25)8-4-3-7-23-11-9-22(10-12-23)6-2-1-5-21-32/h1,5,17-20,22-25H,2-4,6-16H2/b5-1+. The minimum atomic E-state index is -4.63. The van der Waals surface area contributed by atoms with Crippen LogP contribution in [0.25, 0.3) is 0 Å². The first-order valence-electron chi connectivity index (χ1n) is 12.8. The summed E-state index contributed by atoms with van der Waals surface area (Å²) < 4.78 is 40.9. The number of hydrogen-bond acceptors (Lipinski definition) is 2. The van der Waals surface area contributed by atoms with Crippen LogP contribution in [0.4, 0.5) is 13.2 Å². The second kappa shape index (κ2) is 13.1. The zero-order valence-corrected chi connectivity index (χ0v) is 19.7. The van der Waals surface area contributed by atoms with Gasteiger partial charge in [0, 0.05) is 6.08 Å². The number of allylic oxidation sites excluding steroid dienone is 2. The third-order valence-corrected chi connectivity index (χ3v) is 7.81. The molecule has 182 valence electrons. The summed E-state index contributed by atoms with van der Waals surface area (Å²) >= 11 is 0. The van der Waals surface area contributed by atoms with Gasteiger partial charge in [-0.3, -0.25) is 0 Å². The highest BCUT2D eigenvalue weighted by molar-refractivity contribution is 5.29. The number of nitrogens with zero attached hydrogens (tertiary/aromatic N) is 1. The van der Waals surface area contributed by atoms with Crippen LogP contribution in [0.3, 0.4) is 0 Å². The van der Waals surface area contributed by atoms with Crippen molar-refractivity contribution in [2.75, 3.05) is 0 Å². The monoisotopic (exact) mass is 461 g/mol. The fourth-order valence-corrected chi connectivity index (χ4v) is 5.87. The molecule has 1 aromatic rings. The van der Waals surface area contributed by atoms with Crippen LogP contribution in [-0.2, 0) is 0 Å². The summed E-state index contributed by atoms with van der Waals surface area (Å²) in [5, 5.41) is 8.55. The molecular weight excluding hydrogens is 423 g/mol. The number of nitriles is 1. The molecule has 33 heavy (non-hydrogen) atoms. The number of ether oxygens (including phenoxy) is 1. The molecule has 3 rings (SSSR count). The number of benzene rings is 1. The van der Waals surface area contributed by atoms with Crippen LogP contribution in [-0.4, -0.2) is 6.36 Å². The van der Waals surface area contributed by atoms with E-state index in [1.807, 2.05) is 6.08 Å². The molecule has 0 heterocycles. The third kappa shape index (κ3) is 9.43. The minimum Gasteiger partial charge on any atom is -0.406 e. The quantitative estimate of drug-likeness (QED) is 0.257. The third-order valence-electron chi connectivity index (χ3n) is 7.81. The lowest BCUT2D eigenvalue weighted by molar-refractivity contribution is -0.274. The molecule has 0 aliphatic heterocycles. The Morgan fingerprint density at radius 1 is 0.818 bits per heavy atom. The highest BCUT2D eigenvalue weighted by Gasteiger charge is 2.31. The lowest BCUT2D eigenvalue weighted by atomic mass is 9.76. The highest BCUT2D eigenvalue weighted by atomic mass is 19.4. The predicted molar refractivity (Wildman–Crippen MR) is 126 cm³/mol. The van der Waals surface area contributed by atoms with Gasteiger partial charge in [0.1, 0.15) is 5.75 Å². The maximum Gasteiger partial charge on any atom is 0.573 e. The van der Waals surface area contributed by atoms with Crippen LogP contribution in [0.1, 0.15) is 101 Å². The number of halogens is 3. The van der Waals surface area contributed by atoms with Crippen molar-refractivity contribution in [3.05, 3.63) is 42.0 Å². The van der Waals surface area contributed by atoms with Gasteiger partial charge in [-0.1, -0.05) is 69.6 Å². The summed E-state index contributed by atoms with van der Waals surface area (Å²) in [7, 11) is 0. The van der Waals surface area contributed by atoms with E-state index in [-0.39, 0.29) is 5.75 Å².